The van der Waals surface area contributed by atoms with Gasteiger partial charge < -0.3 is 22.1 Å². The molecule has 1 amide bonds. The fourth-order valence-electron chi connectivity index (χ4n) is 2.62. The molecule has 0 radical (unpaired) electrons. The minimum atomic E-state index is -0.198. The molecule has 1 saturated carbocycles. The fraction of sp³-hybridized carbons (Fsp3) is 0.667. The summed E-state index contributed by atoms with van der Waals surface area (Å²) in [4.78, 5) is 19.9. The molecular formula is C15H26N6O. The number of anilines is 3. The summed E-state index contributed by atoms with van der Waals surface area (Å²) in [5, 5.41) is 6.60. The molecule has 1 aliphatic rings. The molecule has 1 heterocycles. The highest BCUT2D eigenvalue weighted by Crippen LogP contribution is 2.27. The van der Waals surface area contributed by atoms with E-state index < -0.39 is 0 Å². The number of amides is 1. The number of nitrogens with one attached hydrogen (secondary N) is 2. The van der Waals surface area contributed by atoms with Gasteiger partial charge in [-0.2, -0.15) is 4.98 Å². The number of rotatable bonds is 4. The van der Waals surface area contributed by atoms with Crippen LogP contribution < -0.4 is 22.1 Å². The van der Waals surface area contributed by atoms with Crippen molar-refractivity contribution in [3.63, 3.8) is 0 Å². The minimum Gasteiger partial charge on any atom is -0.394 e. The van der Waals surface area contributed by atoms with Gasteiger partial charge in [0.1, 0.15) is 0 Å². The Bertz CT molecular complexity index is 531. The third-order valence-corrected chi connectivity index (χ3v) is 3.77. The standard InChI is InChI=1S/C15H26N6O/c1-15(2,3)21-14-18-8-11(16)13(20-14)19-10-6-4-9(5-7-10)12(17)22/h8-10H,4-7,16H2,1-3H3,(H2,17,22)(H2,18,19,20,21)/t9-,10-. The van der Waals surface area contributed by atoms with Crippen molar-refractivity contribution in [1.82, 2.24) is 9.97 Å². The van der Waals surface area contributed by atoms with E-state index in [1.807, 2.05) is 20.8 Å². The molecule has 0 unspecified atom stereocenters. The number of hydrogen-bond acceptors (Lipinski definition) is 6. The van der Waals surface area contributed by atoms with Crippen molar-refractivity contribution in [3.8, 4) is 0 Å². The number of carbonyl (C=O) groups excluding carboxylic acids is 1. The topological polar surface area (TPSA) is 119 Å². The molecule has 6 N–H and O–H groups in total. The van der Waals surface area contributed by atoms with E-state index in [-0.39, 0.29) is 23.4 Å². The molecule has 2 rings (SSSR count). The maximum absolute atomic E-state index is 11.2. The van der Waals surface area contributed by atoms with Crippen molar-refractivity contribution in [2.75, 3.05) is 16.4 Å². The molecule has 1 fully saturated rings. The Kier molecular flexibility index (Phi) is 4.73. The molecule has 1 aromatic heterocycles. The molecule has 1 aliphatic carbocycles. The van der Waals surface area contributed by atoms with E-state index in [0.29, 0.717) is 17.5 Å². The zero-order chi connectivity index (χ0) is 16.3. The Hall–Kier alpha value is -2.05. The first-order valence-corrected chi connectivity index (χ1v) is 7.71. The van der Waals surface area contributed by atoms with Crippen LogP contribution in [-0.4, -0.2) is 27.5 Å². The van der Waals surface area contributed by atoms with Crippen molar-refractivity contribution in [2.24, 2.45) is 11.7 Å². The van der Waals surface area contributed by atoms with Crippen LogP contribution in [-0.2, 0) is 4.79 Å². The lowest BCUT2D eigenvalue weighted by Gasteiger charge is -2.28. The van der Waals surface area contributed by atoms with Crippen LogP contribution in [0, 0.1) is 5.92 Å². The maximum Gasteiger partial charge on any atom is 0.225 e. The number of hydrogen-bond donors (Lipinski definition) is 4. The lowest BCUT2D eigenvalue weighted by atomic mass is 9.85. The van der Waals surface area contributed by atoms with Gasteiger partial charge in [-0.05, 0) is 46.5 Å². The zero-order valence-electron chi connectivity index (χ0n) is 13.5. The fourth-order valence-corrected chi connectivity index (χ4v) is 2.62. The lowest BCUT2D eigenvalue weighted by Crippen LogP contribution is -2.33. The predicted octanol–water partition coefficient (Wildman–Crippen LogP) is 1.73. The average Bonchev–Trinajstić information content (AvgIpc) is 2.41. The van der Waals surface area contributed by atoms with Crippen molar-refractivity contribution < 1.29 is 4.79 Å². The van der Waals surface area contributed by atoms with Crippen molar-refractivity contribution >= 4 is 23.4 Å². The van der Waals surface area contributed by atoms with Crippen LogP contribution >= 0.6 is 0 Å². The Morgan fingerprint density at radius 2 is 1.91 bits per heavy atom. The van der Waals surface area contributed by atoms with Gasteiger partial charge in [-0.1, -0.05) is 0 Å². The van der Waals surface area contributed by atoms with Gasteiger partial charge in [0.2, 0.25) is 11.9 Å². The molecule has 0 saturated heterocycles. The van der Waals surface area contributed by atoms with Crippen molar-refractivity contribution in [3.05, 3.63) is 6.20 Å². The Labute approximate surface area is 131 Å². The molecule has 0 atom stereocenters. The normalized spacial score (nSPS) is 22.1. The molecule has 0 aromatic carbocycles. The van der Waals surface area contributed by atoms with Gasteiger partial charge in [0, 0.05) is 17.5 Å². The van der Waals surface area contributed by atoms with Crippen LogP contribution in [0.1, 0.15) is 46.5 Å². The highest BCUT2D eigenvalue weighted by atomic mass is 16.1. The van der Waals surface area contributed by atoms with Gasteiger partial charge in [-0.15, -0.1) is 0 Å². The summed E-state index contributed by atoms with van der Waals surface area (Å²) in [5.41, 5.74) is 11.7. The zero-order valence-corrected chi connectivity index (χ0v) is 13.5. The van der Waals surface area contributed by atoms with Gasteiger partial charge in [0.25, 0.3) is 0 Å². The van der Waals surface area contributed by atoms with E-state index in [1.165, 1.54) is 0 Å². The Balaban J connectivity index is 2.00. The summed E-state index contributed by atoms with van der Waals surface area (Å²) in [6, 6.07) is 0.260. The second-order valence-electron chi connectivity index (χ2n) is 6.97. The number of aromatic nitrogens is 2. The first kappa shape index (κ1) is 16.3. The Morgan fingerprint density at radius 3 is 2.45 bits per heavy atom. The minimum absolute atomic E-state index is 0.00101. The summed E-state index contributed by atoms with van der Waals surface area (Å²) < 4.78 is 0. The smallest absolute Gasteiger partial charge is 0.225 e. The van der Waals surface area contributed by atoms with E-state index >= 15 is 0 Å². The summed E-state index contributed by atoms with van der Waals surface area (Å²) in [6.45, 7) is 6.14. The first-order chi connectivity index (χ1) is 10.2. The summed E-state index contributed by atoms with van der Waals surface area (Å²) in [5.74, 6) is 0.995. The van der Waals surface area contributed by atoms with Crippen molar-refractivity contribution in [1.29, 1.82) is 0 Å². The van der Waals surface area contributed by atoms with Crippen LogP contribution in [0.2, 0.25) is 0 Å². The number of carbonyl (C=O) groups is 1. The molecule has 22 heavy (non-hydrogen) atoms. The lowest BCUT2D eigenvalue weighted by molar-refractivity contribution is -0.122. The predicted molar refractivity (Wildman–Crippen MR) is 88.4 cm³/mol. The molecule has 7 nitrogen and oxygen atoms in total. The summed E-state index contributed by atoms with van der Waals surface area (Å²) in [6.07, 6.45) is 5.01. The van der Waals surface area contributed by atoms with Gasteiger partial charge in [-0.25, -0.2) is 4.98 Å². The highest BCUT2D eigenvalue weighted by molar-refractivity contribution is 5.76. The van der Waals surface area contributed by atoms with Crippen LogP contribution in [0.3, 0.4) is 0 Å². The van der Waals surface area contributed by atoms with Gasteiger partial charge >= 0.3 is 0 Å². The molecule has 122 valence electrons. The Morgan fingerprint density at radius 1 is 1.27 bits per heavy atom. The molecule has 0 spiro atoms. The second kappa shape index (κ2) is 6.37. The molecule has 0 aliphatic heterocycles. The van der Waals surface area contributed by atoms with E-state index in [1.54, 1.807) is 6.20 Å². The number of nitrogens with zero attached hydrogens (tertiary/aromatic N) is 2. The third kappa shape index (κ3) is 4.47. The van der Waals surface area contributed by atoms with Gasteiger partial charge in [0.05, 0.1) is 11.9 Å². The first-order valence-electron chi connectivity index (χ1n) is 7.71. The second-order valence-corrected chi connectivity index (χ2v) is 6.97. The highest BCUT2D eigenvalue weighted by Gasteiger charge is 2.25. The van der Waals surface area contributed by atoms with Gasteiger partial charge in [-0.3, -0.25) is 4.79 Å². The van der Waals surface area contributed by atoms with E-state index in [0.717, 1.165) is 25.7 Å². The van der Waals surface area contributed by atoms with Gasteiger partial charge in [0.15, 0.2) is 5.82 Å². The molecule has 0 bridgehead atoms. The van der Waals surface area contributed by atoms with Crippen molar-refractivity contribution in [2.45, 2.75) is 58.0 Å². The summed E-state index contributed by atoms with van der Waals surface area (Å²) in [7, 11) is 0. The number of nitrogen functional groups attached to an aromatic ring is 1. The van der Waals surface area contributed by atoms with E-state index in [4.69, 9.17) is 11.5 Å². The van der Waals surface area contributed by atoms with Crippen LogP contribution in [0.4, 0.5) is 17.5 Å². The quantitative estimate of drug-likeness (QED) is 0.672. The molecule has 1 aromatic rings. The third-order valence-electron chi connectivity index (χ3n) is 3.77. The maximum atomic E-state index is 11.2. The number of nitrogens with two attached hydrogens (primary N) is 2. The average molecular weight is 306 g/mol. The number of primary amides is 1. The van der Waals surface area contributed by atoms with Crippen LogP contribution in [0.15, 0.2) is 6.20 Å². The monoisotopic (exact) mass is 306 g/mol. The molecular weight excluding hydrogens is 280 g/mol. The molecule has 7 heteroatoms. The SMILES string of the molecule is CC(C)(C)Nc1ncc(N)c(N[C@H]2CC[C@H](C(N)=O)CC2)n1. The van der Waals surface area contributed by atoms with Crippen LogP contribution in [0.5, 0.6) is 0 Å². The summed E-state index contributed by atoms with van der Waals surface area (Å²) >= 11 is 0. The van der Waals surface area contributed by atoms with E-state index in [9.17, 15) is 4.79 Å². The van der Waals surface area contributed by atoms with Crippen LogP contribution in [0.25, 0.3) is 0 Å². The largest absolute Gasteiger partial charge is 0.394 e. The van der Waals surface area contributed by atoms with E-state index in [2.05, 4.69) is 20.6 Å².